The Morgan fingerprint density at radius 2 is 2.04 bits per heavy atom. The van der Waals surface area contributed by atoms with Crippen LogP contribution >= 0.6 is 24.2 Å². The molecule has 1 fully saturated rings. The predicted molar refractivity (Wildman–Crippen MR) is 101 cm³/mol. The number of hydrogen-bond donors (Lipinski definition) is 1. The van der Waals surface area contributed by atoms with Crippen LogP contribution in [0.2, 0.25) is 0 Å². The second-order valence-electron chi connectivity index (χ2n) is 5.86. The molecule has 1 amide bonds. The van der Waals surface area contributed by atoms with Crippen LogP contribution in [0.4, 0.5) is 0 Å². The molecule has 0 radical (unpaired) electrons. The number of thioether (sulfide) groups is 1. The smallest absolute Gasteiger partial charge is 0.224 e. The highest BCUT2D eigenvalue weighted by Crippen LogP contribution is 2.17. The molecule has 5 heteroatoms. The van der Waals surface area contributed by atoms with Gasteiger partial charge in [0.25, 0.3) is 0 Å². The first-order valence-corrected chi connectivity index (χ1v) is 8.90. The van der Waals surface area contributed by atoms with Crippen molar-refractivity contribution in [3.63, 3.8) is 0 Å². The topological polar surface area (TPSA) is 32.3 Å². The molecule has 1 aliphatic heterocycles. The van der Waals surface area contributed by atoms with Crippen molar-refractivity contribution in [2.75, 3.05) is 25.1 Å². The van der Waals surface area contributed by atoms with E-state index in [1.165, 1.54) is 16.3 Å². The molecule has 1 atom stereocenters. The first kappa shape index (κ1) is 18.1. The third-order valence-corrected chi connectivity index (χ3v) is 5.21. The molecular weight excluding hydrogens is 328 g/mol. The first-order chi connectivity index (χ1) is 10.7. The van der Waals surface area contributed by atoms with Gasteiger partial charge in [0, 0.05) is 44.1 Å². The zero-order valence-electron chi connectivity index (χ0n) is 13.3. The Morgan fingerprint density at radius 1 is 1.26 bits per heavy atom. The zero-order chi connectivity index (χ0) is 15.4. The lowest BCUT2D eigenvalue weighted by Crippen LogP contribution is -2.41. The molecule has 0 saturated carbocycles. The van der Waals surface area contributed by atoms with Crippen LogP contribution in [0.3, 0.4) is 0 Å². The lowest BCUT2D eigenvalue weighted by molar-refractivity contribution is -0.130. The van der Waals surface area contributed by atoms with E-state index in [2.05, 4.69) is 35.6 Å². The molecule has 1 N–H and O–H groups in total. The van der Waals surface area contributed by atoms with Crippen molar-refractivity contribution in [1.29, 1.82) is 0 Å². The number of carbonyl (C=O) groups is 1. The van der Waals surface area contributed by atoms with Crippen molar-refractivity contribution < 1.29 is 4.79 Å². The van der Waals surface area contributed by atoms with Crippen LogP contribution < -0.4 is 5.32 Å². The van der Waals surface area contributed by atoms with Crippen molar-refractivity contribution in [2.45, 2.75) is 19.0 Å². The number of hydrogen-bond acceptors (Lipinski definition) is 3. The van der Waals surface area contributed by atoms with Gasteiger partial charge < -0.3 is 10.2 Å². The number of benzene rings is 2. The Kier molecular flexibility index (Phi) is 6.75. The summed E-state index contributed by atoms with van der Waals surface area (Å²) in [6.45, 7) is 1.68. The molecular formula is C18H23ClN2OS. The van der Waals surface area contributed by atoms with Crippen molar-refractivity contribution in [2.24, 2.45) is 0 Å². The van der Waals surface area contributed by atoms with Crippen LogP contribution in [0.5, 0.6) is 0 Å². The van der Waals surface area contributed by atoms with Gasteiger partial charge in [-0.15, -0.1) is 12.4 Å². The Morgan fingerprint density at radius 3 is 2.78 bits per heavy atom. The maximum absolute atomic E-state index is 12.4. The van der Waals surface area contributed by atoms with Gasteiger partial charge in [-0.05, 0) is 22.4 Å². The largest absolute Gasteiger partial charge is 0.341 e. The summed E-state index contributed by atoms with van der Waals surface area (Å²) in [5.41, 5.74) is 1.18. The number of carbonyl (C=O) groups excluding carboxylic acids is 1. The summed E-state index contributed by atoms with van der Waals surface area (Å²) in [6.07, 6.45) is 0.594. The van der Waals surface area contributed by atoms with Gasteiger partial charge in [0.05, 0.1) is 0 Å². The number of nitrogens with zero attached hydrogens (tertiary/aromatic N) is 1. The molecule has 1 aliphatic rings. The molecule has 0 spiro atoms. The summed E-state index contributed by atoms with van der Waals surface area (Å²) in [4.78, 5) is 14.2. The quantitative estimate of drug-likeness (QED) is 0.918. The standard InChI is InChI=1S/C18H22N2OS.ClH/c1-20(18(21)11-17-13-22-9-8-19-17)12-14-6-7-15-4-2-3-5-16(15)10-14;/h2-7,10,17,19H,8-9,11-13H2,1H3;1H. The molecule has 1 heterocycles. The number of amides is 1. The third-order valence-electron chi connectivity index (χ3n) is 4.08. The highest BCUT2D eigenvalue weighted by Gasteiger charge is 2.19. The second-order valence-corrected chi connectivity index (χ2v) is 7.01. The Hall–Kier alpha value is -1.23. The van der Waals surface area contributed by atoms with Gasteiger partial charge in [-0.1, -0.05) is 36.4 Å². The van der Waals surface area contributed by atoms with Crippen LogP contribution in [0.15, 0.2) is 42.5 Å². The van der Waals surface area contributed by atoms with Gasteiger partial charge in [0.15, 0.2) is 0 Å². The van der Waals surface area contributed by atoms with Crippen LogP contribution in [0.1, 0.15) is 12.0 Å². The maximum Gasteiger partial charge on any atom is 0.224 e. The molecule has 2 aromatic rings. The van der Waals surface area contributed by atoms with E-state index >= 15 is 0 Å². The second kappa shape index (κ2) is 8.57. The highest BCUT2D eigenvalue weighted by atomic mass is 35.5. The average Bonchev–Trinajstić information content (AvgIpc) is 2.55. The number of halogens is 1. The Bertz CT molecular complexity index is 658. The molecule has 3 nitrogen and oxygen atoms in total. The van der Waals surface area contributed by atoms with Gasteiger partial charge in [-0.25, -0.2) is 0 Å². The van der Waals surface area contributed by atoms with Crippen LogP contribution in [-0.4, -0.2) is 41.9 Å². The molecule has 1 unspecified atom stereocenters. The lowest BCUT2D eigenvalue weighted by Gasteiger charge is -2.25. The van der Waals surface area contributed by atoms with E-state index in [-0.39, 0.29) is 18.3 Å². The maximum atomic E-state index is 12.4. The third kappa shape index (κ3) is 4.87. The van der Waals surface area contributed by atoms with Crippen molar-refractivity contribution >= 4 is 40.8 Å². The molecule has 23 heavy (non-hydrogen) atoms. The molecule has 0 bridgehead atoms. The summed E-state index contributed by atoms with van der Waals surface area (Å²) < 4.78 is 0. The van der Waals surface area contributed by atoms with Gasteiger partial charge in [0.2, 0.25) is 5.91 Å². The first-order valence-electron chi connectivity index (χ1n) is 7.75. The fourth-order valence-electron chi connectivity index (χ4n) is 2.82. The van der Waals surface area contributed by atoms with Crippen LogP contribution in [0.25, 0.3) is 10.8 Å². The lowest BCUT2D eigenvalue weighted by atomic mass is 10.1. The number of nitrogens with one attached hydrogen (secondary N) is 1. The van der Waals surface area contributed by atoms with E-state index in [0.717, 1.165) is 18.1 Å². The van der Waals surface area contributed by atoms with Crippen molar-refractivity contribution in [1.82, 2.24) is 10.2 Å². The molecule has 1 saturated heterocycles. The van der Waals surface area contributed by atoms with Gasteiger partial charge >= 0.3 is 0 Å². The summed E-state index contributed by atoms with van der Waals surface area (Å²) in [5.74, 6) is 2.40. The minimum atomic E-state index is 0. The van der Waals surface area contributed by atoms with Crippen LogP contribution in [0, 0.1) is 0 Å². The Labute approximate surface area is 148 Å². The minimum absolute atomic E-state index is 0. The zero-order valence-corrected chi connectivity index (χ0v) is 15.0. The Balaban J connectivity index is 0.00000192. The number of fused-ring (bicyclic) bond motifs is 1. The fraction of sp³-hybridized carbons (Fsp3) is 0.389. The molecule has 3 rings (SSSR count). The molecule has 0 aromatic heterocycles. The molecule has 124 valence electrons. The molecule has 2 aromatic carbocycles. The van der Waals surface area contributed by atoms with Gasteiger partial charge in [-0.2, -0.15) is 11.8 Å². The summed E-state index contributed by atoms with van der Waals surface area (Å²) in [5, 5.41) is 5.89. The fourth-order valence-corrected chi connectivity index (χ4v) is 3.77. The normalized spacial score (nSPS) is 17.5. The van der Waals surface area contributed by atoms with Gasteiger partial charge in [-0.3, -0.25) is 4.79 Å². The SMILES string of the molecule is CN(Cc1ccc2ccccc2c1)C(=O)CC1CSCCN1.Cl. The van der Waals surface area contributed by atoms with E-state index in [1.807, 2.05) is 35.8 Å². The summed E-state index contributed by atoms with van der Waals surface area (Å²) in [6, 6.07) is 15.1. The predicted octanol–water partition coefficient (Wildman–Crippen LogP) is 3.32. The van der Waals surface area contributed by atoms with E-state index < -0.39 is 0 Å². The van der Waals surface area contributed by atoms with Gasteiger partial charge in [0.1, 0.15) is 0 Å². The molecule has 0 aliphatic carbocycles. The summed E-state index contributed by atoms with van der Waals surface area (Å²) in [7, 11) is 1.90. The van der Waals surface area contributed by atoms with E-state index in [4.69, 9.17) is 0 Å². The van der Waals surface area contributed by atoms with Crippen molar-refractivity contribution in [3.8, 4) is 0 Å². The van der Waals surface area contributed by atoms with Crippen LogP contribution in [-0.2, 0) is 11.3 Å². The average molecular weight is 351 g/mol. The van der Waals surface area contributed by atoms with E-state index in [1.54, 1.807) is 0 Å². The summed E-state index contributed by atoms with van der Waals surface area (Å²) >= 11 is 1.93. The number of rotatable bonds is 4. The van der Waals surface area contributed by atoms with E-state index in [0.29, 0.717) is 19.0 Å². The monoisotopic (exact) mass is 350 g/mol. The minimum Gasteiger partial charge on any atom is -0.341 e. The van der Waals surface area contributed by atoms with E-state index in [9.17, 15) is 4.79 Å². The highest BCUT2D eigenvalue weighted by molar-refractivity contribution is 7.99. The van der Waals surface area contributed by atoms with Crippen molar-refractivity contribution in [3.05, 3.63) is 48.0 Å².